The molecule has 6 rings (SSSR count). The Morgan fingerprint density at radius 3 is 3.15 bits per heavy atom. The summed E-state index contributed by atoms with van der Waals surface area (Å²) in [4.78, 5) is 0. The molecule has 1 aromatic rings. The topological polar surface area (TPSA) is 18.5 Å². The number of ether oxygens (including phenoxy) is 2. The number of hydrogen-bond acceptors (Lipinski definition) is 2. The summed E-state index contributed by atoms with van der Waals surface area (Å²) in [7, 11) is 1.75. The molecule has 0 saturated heterocycles. The molecule has 0 radical (unpaired) electrons. The number of benzene rings is 1. The molecular weight excluding hydrogens is 248 g/mol. The van der Waals surface area contributed by atoms with E-state index in [1.165, 1.54) is 31.2 Å². The lowest BCUT2D eigenvalue weighted by Gasteiger charge is -2.42. The van der Waals surface area contributed by atoms with Gasteiger partial charge in [0.25, 0.3) is 0 Å². The molecule has 2 unspecified atom stereocenters. The fraction of sp³-hybridized carbons (Fsp3) is 0.556. The van der Waals surface area contributed by atoms with Crippen molar-refractivity contribution in [1.29, 1.82) is 0 Å². The van der Waals surface area contributed by atoms with E-state index in [0.29, 0.717) is 5.41 Å². The van der Waals surface area contributed by atoms with E-state index in [1.807, 2.05) is 0 Å². The van der Waals surface area contributed by atoms with Gasteiger partial charge in [-0.05, 0) is 60.6 Å². The summed E-state index contributed by atoms with van der Waals surface area (Å²) in [5.41, 5.74) is 3.99. The van der Waals surface area contributed by atoms with Gasteiger partial charge in [0, 0.05) is 11.0 Å². The second kappa shape index (κ2) is 2.79. The molecule has 1 aromatic carbocycles. The van der Waals surface area contributed by atoms with Crippen molar-refractivity contribution in [2.45, 2.75) is 37.2 Å². The minimum Gasteiger partial charge on any atom is -0.493 e. The van der Waals surface area contributed by atoms with E-state index in [0.717, 1.165) is 23.3 Å². The van der Waals surface area contributed by atoms with Crippen molar-refractivity contribution in [3.8, 4) is 11.5 Å². The Balaban J connectivity index is 1.72. The normalized spacial score (nSPS) is 47.5. The third-order valence-electron chi connectivity index (χ3n) is 6.93. The second-order valence-corrected chi connectivity index (χ2v) is 7.51. The SMILES string of the molecule is COc1ccc2c3c1O[C@H]1C=CCC4[C@@H]5C[C@]5(C2)CC341. The van der Waals surface area contributed by atoms with Crippen LogP contribution in [0.15, 0.2) is 24.3 Å². The average Bonchev–Trinajstić information content (AvgIpc) is 2.91. The van der Waals surface area contributed by atoms with Crippen LogP contribution in [0, 0.1) is 17.3 Å². The first kappa shape index (κ1) is 10.3. The molecule has 2 heteroatoms. The summed E-state index contributed by atoms with van der Waals surface area (Å²) in [5, 5.41) is 0. The van der Waals surface area contributed by atoms with Gasteiger partial charge in [0.1, 0.15) is 6.10 Å². The van der Waals surface area contributed by atoms with Crippen LogP contribution in [-0.4, -0.2) is 13.2 Å². The summed E-state index contributed by atoms with van der Waals surface area (Å²) in [5.74, 6) is 3.74. The lowest BCUT2D eigenvalue weighted by atomic mass is 9.59. The highest BCUT2D eigenvalue weighted by atomic mass is 16.5. The Bertz CT molecular complexity index is 691. The number of fused-ring (bicyclic) bond motifs is 1. The van der Waals surface area contributed by atoms with Crippen molar-refractivity contribution >= 4 is 0 Å². The molecule has 5 aliphatic rings. The van der Waals surface area contributed by atoms with Crippen molar-refractivity contribution in [2.75, 3.05) is 7.11 Å². The zero-order valence-corrected chi connectivity index (χ0v) is 11.7. The first-order valence-corrected chi connectivity index (χ1v) is 7.82. The molecule has 1 heterocycles. The first-order chi connectivity index (χ1) is 9.78. The molecule has 0 amide bonds. The van der Waals surface area contributed by atoms with Gasteiger partial charge in [0.15, 0.2) is 11.5 Å². The van der Waals surface area contributed by atoms with E-state index in [2.05, 4.69) is 24.3 Å². The molecule has 2 saturated carbocycles. The molecule has 20 heavy (non-hydrogen) atoms. The highest BCUT2D eigenvalue weighted by Gasteiger charge is 2.77. The molecule has 2 nitrogen and oxygen atoms in total. The molecule has 2 bridgehead atoms. The lowest BCUT2D eigenvalue weighted by Crippen LogP contribution is -2.46. The van der Waals surface area contributed by atoms with Crippen LogP contribution in [0.4, 0.5) is 0 Å². The van der Waals surface area contributed by atoms with Crippen molar-refractivity contribution in [3.63, 3.8) is 0 Å². The predicted molar refractivity (Wildman–Crippen MR) is 75.2 cm³/mol. The van der Waals surface area contributed by atoms with Crippen LogP contribution >= 0.6 is 0 Å². The smallest absolute Gasteiger partial charge is 0.166 e. The van der Waals surface area contributed by atoms with Crippen LogP contribution in [0.3, 0.4) is 0 Å². The molecule has 1 aliphatic heterocycles. The van der Waals surface area contributed by atoms with Crippen molar-refractivity contribution in [2.24, 2.45) is 17.3 Å². The van der Waals surface area contributed by atoms with Gasteiger partial charge < -0.3 is 9.47 Å². The maximum atomic E-state index is 6.40. The first-order valence-electron chi connectivity index (χ1n) is 7.82. The van der Waals surface area contributed by atoms with Gasteiger partial charge in [-0.1, -0.05) is 12.1 Å². The van der Waals surface area contributed by atoms with Crippen LogP contribution in [0.5, 0.6) is 11.5 Å². The standard InChI is InChI=1S/C18H18O2/c1-19-13-6-5-10-7-17-8-12(17)11-3-2-4-14-18(11,9-17)15(10)16(13)20-14/h2,4-6,11-12,14H,3,7-9H2,1H3/t11?,12-,14-,17+,18?/m0/s1. The van der Waals surface area contributed by atoms with Crippen LogP contribution in [-0.2, 0) is 11.8 Å². The van der Waals surface area contributed by atoms with E-state index in [-0.39, 0.29) is 11.5 Å². The Hall–Kier alpha value is -1.44. The summed E-state index contributed by atoms with van der Waals surface area (Å²) >= 11 is 0. The Labute approximate surface area is 118 Å². The van der Waals surface area contributed by atoms with Gasteiger partial charge in [-0.3, -0.25) is 0 Å². The average molecular weight is 266 g/mol. The molecule has 2 spiro atoms. The van der Waals surface area contributed by atoms with Crippen LogP contribution < -0.4 is 9.47 Å². The largest absolute Gasteiger partial charge is 0.493 e. The van der Waals surface area contributed by atoms with E-state index < -0.39 is 0 Å². The Morgan fingerprint density at radius 2 is 2.25 bits per heavy atom. The van der Waals surface area contributed by atoms with Gasteiger partial charge in [-0.15, -0.1) is 0 Å². The molecule has 102 valence electrons. The molecular formula is C18H18O2. The summed E-state index contributed by atoms with van der Waals surface area (Å²) in [6, 6.07) is 4.42. The summed E-state index contributed by atoms with van der Waals surface area (Å²) in [6.45, 7) is 0. The van der Waals surface area contributed by atoms with Gasteiger partial charge in [0.2, 0.25) is 0 Å². The molecule has 5 atom stereocenters. The fourth-order valence-corrected chi connectivity index (χ4v) is 6.30. The third-order valence-corrected chi connectivity index (χ3v) is 6.93. The highest BCUT2D eigenvalue weighted by Crippen LogP contribution is 2.80. The zero-order valence-electron chi connectivity index (χ0n) is 11.7. The van der Waals surface area contributed by atoms with E-state index in [1.54, 1.807) is 12.7 Å². The minimum atomic E-state index is 0.260. The van der Waals surface area contributed by atoms with Crippen molar-refractivity contribution in [1.82, 2.24) is 0 Å². The van der Waals surface area contributed by atoms with E-state index in [9.17, 15) is 0 Å². The molecule has 4 aliphatic carbocycles. The molecule has 0 N–H and O–H groups in total. The number of methoxy groups -OCH3 is 1. The monoisotopic (exact) mass is 266 g/mol. The van der Waals surface area contributed by atoms with Crippen molar-refractivity contribution in [3.05, 3.63) is 35.4 Å². The summed E-state index contributed by atoms with van der Waals surface area (Å²) in [6.07, 6.45) is 10.3. The fourth-order valence-electron chi connectivity index (χ4n) is 6.30. The van der Waals surface area contributed by atoms with Crippen LogP contribution in [0.25, 0.3) is 0 Å². The highest BCUT2D eigenvalue weighted by molar-refractivity contribution is 5.63. The third kappa shape index (κ3) is 0.829. The quantitative estimate of drug-likeness (QED) is 0.727. The van der Waals surface area contributed by atoms with Crippen LogP contribution in [0.1, 0.15) is 30.4 Å². The van der Waals surface area contributed by atoms with Crippen LogP contribution in [0.2, 0.25) is 0 Å². The van der Waals surface area contributed by atoms with Gasteiger partial charge in [0.05, 0.1) is 7.11 Å². The van der Waals surface area contributed by atoms with Gasteiger partial charge in [-0.25, -0.2) is 0 Å². The van der Waals surface area contributed by atoms with Gasteiger partial charge in [-0.2, -0.15) is 0 Å². The van der Waals surface area contributed by atoms with E-state index in [4.69, 9.17) is 9.47 Å². The summed E-state index contributed by atoms with van der Waals surface area (Å²) < 4.78 is 12.0. The molecule has 2 fully saturated rings. The second-order valence-electron chi connectivity index (χ2n) is 7.51. The maximum Gasteiger partial charge on any atom is 0.166 e. The van der Waals surface area contributed by atoms with E-state index >= 15 is 0 Å². The van der Waals surface area contributed by atoms with Gasteiger partial charge >= 0.3 is 0 Å². The van der Waals surface area contributed by atoms with Crippen molar-refractivity contribution < 1.29 is 9.47 Å². The minimum absolute atomic E-state index is 0.260. The maximum absolute atomic E-state index is 6.40. The number of rotatable bonds is 1. The predicted octanol–water partition coefficient (Wildman–Crippen LogP) is 3.24. The Morgan fingerprint density at radius 1 is 1.30 bits per heavy atom. The number of hydrogen-bond donors (Lipinski definition) is 0. The molecule has 0 aromatic heterocycles. The lowest BCUT2D eigenvalue weighted by molar-refractivity contribution is 0.120. The Kier molecular flexibility index (Phi) is 1.44. The zero-order chi connectivity index (χ0) is 13.1. The number of allylic oxidation sites excluding steroid dienone is 1.